The van der Waals surface area contributed by atoms with Crippen molar-refractivity contribution in [1.29, 1.82) is 5.26 Å². The Morgan fingerprint density at radius 2 is 2.12 bits per heavy atom. The van der Waals surface area contributed by atoms with E-state index in [-0.39, 0.29) is 12.6 Å². The van der Waals surface area contributed by atoms with Crippen molar-refractivity contribution in [3.05, 3.63) is 35.4 Å². The minimum Gasteiger partial charge on any atom is -0.480 e. The summed E-state index contributed by atoms with van der Waals surface area (Å²) in [6.45, 7) is 2.12. The molecule has 1 aromatic carbocycles. The van der Waals surface area contributed by atoms with Crippen molar-refractivity contribution < 1.29 is 9.90 Å². The smallest absolute Gasteiger partial charge is 0.321 e. The third-order valence-electron chi connectivity index (χ3n) is 2.50. The molecule has 0 aliphatic carbocycles. The lowest BCUT2D eigenvalue weighted by Gasteiger charge is -2.16. The van der Waals surface area contributed by atoms with Crippen molar-refractivity contribution in [2.75, 3.05) is 6.54 Å². The normalized spacial score (nSPS) is 13.7. The molecule has 2 unspecified atom stereocenters. The van der Waals surface area contributed by atoms with Crippen LogP contribution in [0.5, 0.6) is 0 Å². The van der Waals surface area contributed by atoms with E-state index in [1.165, 1.54) is 0 Å². The van der Waals surface area contributed by atoms with E-state index in [9.17, 15) is 4.79 Å². The van der Waals surface area contributed by atoms with Crippen molar-refractivity contribution in [3.63, 3.8) is 0 Å². The molecule has 0 bridgehead atoms. The van der Waals surface area contributed by atoms with Crippen LogP contribution in [0.25, 0.3) is 0 Å². The molecule has 0 amide bonds. The van der Waals surface area contributed by atoms with E-state index in [1.54, 1.807) is 12.1 Å². The predicted molar refractivity (Wildman–Crippen MR) is 63.2 cm³/mol. The summed E-state index contributed by atoms with van der Waals surface area (Å²) < 4.78 is 0. The second-order valence-electron chi connectivity index (χ2n) is 3.81. The van der Waals surface area contributed by atoms with Crippen LogP contribution in [0.15, 0.2) is 24.3 Å². The SMILES string of the molecule is CC(NCC(N)C(=O)O)c1ccc(C#N)cc1. The predicted octanol–water partition coefficient (Wildman–Crippen LogP) is 0.621. The third kappa shape index (κ3) is 3.87. The van der Waals surface area contributed by atoms with Crippen LogP contribution in [0.3, 0.4) is 0 Å². The number of nitrogens with two attached hydrogens (primary N) is 1. The van der Waals surface area contributed by atoms with Gasteiger partial charge in [0.2, 0.25) is 0 Å². The molecule has 4 N–H and O–H groups in total. The molecule has 0 aromatic heterocycles. The lowest BCUT2D eigenvalue weighted by molar-refractivity contribution is -0.138. The molecule has 2 atom stereocenters. The fourth-order valence-corrected chi connectivity index (χ4v) is 1.36. The van der Waals surface area contributed by atoms with E-state index in [4.69, 9.17) is 16.1 Å². The van der Waals surface area contributed by atoms with Crippen LogP contribution in [0.1, 0.15) is 24.1 Å². The van der Waals surface area contributed by atoms with Crippen molar-refractivity contribution in [2.24, 2.45) is 5.73 Å². The Morgan fingerprint density at radius 1 is 1.53 bits per heavy atom. The fourth-order valence-electron chi connectivity index (χ4n) is 1.36. The Hall–Kier alpha value is -1.90. The van der Waals surface area contributed by atoms with Gasteiger partial charge in [-0.2, -0.15) is 5.26 Å². The van der Waals surface area contributed by atoms with E-state index >= 15 is 0 Å². The zero-order valence-corrected chi connectivity index (χ0v) is 9.55. The number of nitrogens with one attached hydrogen (secondary N) is 1. The molecule has 5 nitrogen and oxygen atoms in total. The Kier molecular flexibility index (Phi) is 4.64. The summed E-state index contributed by atoms with van der Waals surface area (Å²) in [6, 6.07) is 8.25. The van der Waals surface area contributed by atoms with Gasteiger partial charge in [-0.3, -0.25) is 4.79 Å². The van der Waals surface area contributed by atoms with Crippen LogP contribution in [-0.2, 0) is 4.79 Å². The van der Waals surface area contributed by atoms with E-state index in [1.807, 2.05) is 25.1 Å². The molecule has 0 saturated carbocycles. The molecule has 0 radical (unpaired) electrons. The van der Waals surface area contributed by atoms with Crippen molar-refractivity contribution in [3.8, 4) is 6.07 Å². The van der Waals surface area contributed by atoms with Crippen LogP contribution in [-0.4, -0.2) is 23.7 Å². The maximum atomic E-state index is 10.5. The van der Waals surface area contributed by atoms with Crippen molar-refractivity contribution >= 4 is 5.97 Å². The lowest BCUT2D eigenvalue weighted by Crippen LogP contribution is -2.41. The summed E-state index contributed by atoms with van der Waals surface area (Å²) in [7, 11) is 0. The molecule has 5 heteroatoms. The number of carboxylic acids is 1. The van der Waals surface area contributed by atoms with Crippen molar-refractivity contribution in [1.82, 2.24) is 5.32 Å². The van der Waals surface area contributed by atoms with Gasteiger partial charge in [0.25, 0.3) is 0 Å². The molecule has 0 saturated heterocycles. The zero-order chi connectivity index (χ0) is 12.8. The highest BCUT2D eigenvalue weighted by Gasteiger charge is 2.13. The van der Waals surface area contributed by atoms with Crippen LogP contribution < -0.4 is 11.1 Å². The summed E-state index contributed by atoms with van der Waals surface area (Å²) >= 11 is 0. The summed E-state index contributed by atoms with van der Waals surface area (Å²) in [5.41, 5.74) is 6.97. The molecule has 0 heterocycles. The number of benzene rings is 1. The molecule has 1 rings (SSSR count). The van der Waals surface area contributed by atoms with Gasteiger partial charge in [0.05, 0.1) is 11.6 Å². The number of aliphatic carboxylic acids is 1. The van der Waals surface area contributed by atoms with Gasteiger partial charge < -0.3 is 16.2 Å². The number of carboxylic acid groups (broad SMARTS) is 1. The molecule has 0 spiro atoms. The number of hydrogen-bond acceptors (Lipinski definition) is 4. The average Bonchev–Trinajstić information content (AvgIpc) is 2.35. The highest BCUT2D eigenvalue weighted by molar-refractivity contribution is 5.73. The Labute approximate surface area is 99.9 Å². The molecule has 17 heavy (non-hydrogen) atoms. The highest BCUT2D eigenvalue weighted by Crippen LogP contribution is 2.12. The van der Waals surface area contributed by atoms with Gasteiger partial charge in [0, 0.05) is 12.6 Å². The number of nitriles is 1. The van der Waals surface area contributed by atoms with Crippen LogP contribution >= 0.6 is 0 Å². The topological polar surface area (TPSA) is 99.1 Å². The number of carbonyl (C=O) groups is 1. The standard InChI is InChI=1S/C12H15N3O2/c1-8(15-7-11(14)12(16)17)10-4-2-9(6-13)3-5-10/h2-5,8,11,15H,7,14H2,1H3,(H,16,17). The average molecular weight is 233 g/mol. The summed E-state index contributed by atoms with van der Waals surface area (Å²) in [5, 5.41) is 20.3. The Morgan fingerprint density at radius 3 is 2.59 bits per heavy atom. The molecular formula is C12H15N3O2. The molecule has 1 aromatic rings. The second-order valence-corrected chi connectivity index (χ2v) is 3.81. The first-order valence-electron chi connectivity index (χ1n) is 5.26. The van der Waals surface area contributed by atoms with Gasteiger partial charge in [-0.15, -0.1) is 0 Å². The second kappa shape index (κ2) is 5.99. The Balaban J connectivity index is 2.55. The molecule has 0 aliphatic rings. The molecule has 90 valence electrons. The minimum absolute atomic E-state index is 0.00635. The first-order valence-corrected chi connectivity index (χ1v) is 5.26. The monoisotopic (exact) mass is 233 g/mol. The number of nitrogens with zero attached hydrogens (tertiary/aromatic N) is 1. The quantitative estimate of drug-likeness (QED) is 0.692. The van der Waals surface area contributed by atoms with Gasteiger partial charge in [-0.25, -0.2) is 0 Å². The van der Waals surface area contributed by atoms with Gasteiger partial charge in [0.15, 0.2) is 0 Å². The van der Waals surface area contributed by atoms with Crippen LogP contribution in [0, 0.1) is 11.3 Å². The van der Waals surface area contributed by atoms with Gasteiger partial charge in [-0.05, 0) is 24.6 Å². The largest absolute Gasteiger partial charge is 0.480 e. The van der Waals surface area contributed by atoms with Crippen molar-refractivity contribution in [2.45, 2.75) is 19.0 Å². The number of hydrogen-bond donors (Lipinski definition) is 3. The first kappa shape index (κ1) is 13.2. The van der Waals surface area contributed by atoms with Gasteiger partial charge in [-0.1, -0.05) is 12.1 Å². The molecule has 0 fully saturated rings. The lowest BCUT2D eigenvalue weighted by atomic mass is 10.1. The summed E-state index contributed by atoms with van der Waals surface area (Å²) in [5.74, 6) is -1.02. The van der Waals surface area contributed by atoms with Gasteiger partial charge >= 0.3 is 5.97 Å². The molecule has 0 aliphatic heterocycles. The molecular weight excluding hydrogens is 218 g/mol. The van der Waals surface area contributed by atoms with E-state index in [0.29, 0.717) is 5.56 Å². The van der Waals surface area contributed by atoms with Crippen LogP contribution in [0.2, 0.25) is 0 Å². The summed E-state index contributed by atoms with van der Waals surface area (Å²) in [6.07, 6.45) is 0. The van der Waals surface area contributed by atoms with E-state index < -0.39 is 12.0 Å². The maximum Gasteiger partial charge on any atom is 0.321 e. The maximum absolute atomic E-state index is 10.5. The van der Waals surface area contributed by atoms with Crippen LogP contribution in [0.4, 0.5) is 0 Å². The third-order valence-corrected chi connectivity index (χ3v) is 2.50. The number of rotatable bonds is 5. The first-order chi connectivity index (χ1) is 8.04. The van der Waals surface area contributed by atoms with E-state index in [2.05, 4.69) is 5.32 Å². The fraction of sp³-hybridized carbons (Fsp3) is 0.333. The van der Waals surface area contributed by atoms with E-state index in [0.717, 1.165) is 5.56 Å². The minimum atomic E-state index is -1.02. The summed E-state index contributed by atoms with van der Waals surface area (Å²) in [4.78, 5) is 10.5. The Bertz CT molecular complexity index is 422. The van der Waals surface area contributed by atoms with Gasteiger partial charge in [0.1, 0.15) is 6.04 Å². The zero-order valence-electron chi connectivity index (χ0n) is 9.55. The highest BCUT2D eigenvalue weighted by atomic mass is 16.4.